The molecule has 0 radical (unpaired) electrons. The number of halogens is 1. The summed E-state index contributed by atoms with van der Waals surface area (Å²) in [5.41, 5.74) is -0.517. The predicted octanol–water partition coefficient (Wildman–Crippen LogP) is 1.40. The quantitative estimate of drug-likeness (QED) is 0.773. The van der Waals surface area contributed by atoms with Crippen LogP contribution >= 0.6 is 15.9 Å². The normalized spacial score (nSPS) is 11.1. The molecule has 0 saturated carbocycles. The molecular formula is C9H17BrN2O. The van der Waals surface area contributed by atoms with Crippen molar-refractivity contribution in [2.24, 2.45) is 0 Å². The van der Waals surface area contributed by atoms with Gasteiger partial charge in [-0.2, -0.15) is 0 Å². The van der Waals surface area contributed by atoms with E-state index in [9.17, 15) is 4.79 Å². The molecule has 0 aliphatic heterocycles. The topological polar surface area (TPSA) is 41.1 Å². The summed E-state index contributed by atoms with van der Waals surface area (Å²) in [5.74, 6) is -0.0186. The molecule has 0 aromatic rings. The van der Waals surface area contributed by atoms with Crippen molar-refractivity contribution in [3.05, 3.63) is 11.1 Å². The van der Waals surface area contributed by atoms with E-state index in [4.69, 9.17) is 0 Å². The zero-order valence-electron chi connectivity index (χ0n) is 8.41. The SMILES string of the molecule is C=C(Br)CNC(=O)C(C)(C)NCC. The lowest BCUT2D eigenvalue weighted by molar-refractivity contribution is -0.126. The Balaban J connectivity index is 4.01. The smallest absolute Gasteiger partial charge is 0.240 e. The van der Waals surface area contributed by atoms with E-state index in [0.29, 0.717) is 6.54 Å². The fourth-order valence-electron chi connectivity index (χ4n) is 0.919. The Morgan fingerprint density at radius 2 is 2.08 bits per heavy atom. The van der Waals surface area contributed by atoms with Gasteiger partial charge in [-0.15, -0.1) is 0 Å². The average molecular weight is 249 g/mol. The zero-order valence-corrected chi connectivity index (χ0v) is 9.99. The molecule has 13 heavy (non-hydrogen) atoms. The molecule has 0 spiro atoms. The van der Waals surface area contributed by atoms with Crippen molar-refractivity contribution in [1.29, 1.82) is 0 Å². The largest absolute Gasteiger partial charge is 0.350 e. The van der Waals surface area contributed by atoms with Crippen molar-refractivity contribution >= 4 is 21.8 Å². The lowest BCUT2D eigenvalue weighted by Crippen LogP contribution is -2.52. The molecule has 0 heterocycles. The Labute approximate surface area is 88.1 Å². The lowest BCUT2D eigenvalue weighted by atomic mass is 10.0. The van der Waals surface area contributed by atoms with Crippen molar-refractivity contribution in [3.63, 3.8) is 0 Å². The molecule has 0 saturated heterocycles. The van der Waals surface area contributed by atoms with Crippen molar-refractivity contribution in [1.82, 2.24) is 10.6 Å². The second kappa shape index (κ2) is 5.40. The fraction of sp³-hybridized carbons (Fsp3) is 0.667. The average Bonchev–Trinajstić information content (AvgIpc) is 1.99. The lowest BCUT2D eigenvalue weighted by Gasteiger charge is -2.24. The second-order valence-electron chi connectivity index (χ2n) is 3.36. The molecule has 0 fully saturated rings. The van der Waals surface area contributed by atoms with Crippen LogP contribution in [0.5, 0.6) is 0 Å². The number of rotatable bonds is 5. The van der Waals surface area contributed by atoms with Gasteiger partial charge in [0.25, 0.3) is 0 Å². The summed E-state index contributed by atoms with van der Waals surface area (Å²) in [6.45, 7) is 10.5. The van der Waals surface area contributed by atoms with Crippen molar-refractivity contribution in [3.8, 4) is 0 Å². The van der Waals surface area contributed by atoms with Crippen LogP contribution < -0.4 is 10.6 Å². The first-order valence-electron chi connectivity index (χ1n) is 4.26. The van der Waals surface area contributed by atoms with E-state index in [1.807, 2.05) is 20.8 Å². The maximum atomic E-state index is 11.5. The van der Waals surface area contributed by atoms with Gasteiger partial charge in [0.2, 0.25) is 5.91 Å². The van der Waals surface area contributed by atoms with Gasteiger partial charge in [0, 0.05) is 11.0 Å². The highest BCUT2D eigenvalue weighted by atomic mass is 79.9. The number of amides is 1. The third kappa shape index (κ3) is 5.05. The van der Waals surface area contributed by atoms with Crippen LogP contribution in [-0.2, 0) is 4.79 Å². The van der Waals surface area contributed by atoms with Gasteiger partial charge < -0.3 is 10.6 Å². The van der Waals surface area contributed by atoms with E-state index in [-0.39, 0.29) is 5.91 Å². The number of hydrogen-bond donors (Lipinski definition) is 2. The van der Waals surface area contributed by atoms with Gasteiger partial charge in [-0.05, 0) is 20.4 Å². The summed E-state index contributed by atoms with van der Waals surface area (Å²) in [5, 5.41) is 5.85. The Morgan fingerprint density at radius 1 is 1.54 bits per heavy atom. The Bertz CT molecular complexity index is 202. The minimum atomic E-state index is -0.517. The van der Waals surface area contributed by atoms with E-state index < -0.39 is 5.54 Å². The maximum absolute atomic E-state index is 11.5. The van der Waals surface area contributed by atoms with Crippen LogP contribution in [0.15, 0.2) is 11.1 Å². The molecule has 2 N–H and O–H groups in total. The number of carbonyl (C=O) groups is 1. The molecule has 3 nitrogen and oxygen atoms in total. The standard InChI is InChI=1S/C9H17BrN2O/c1-5-12-9(3,4)8(13)11-6-7(2)10/h12H,2,5-6H2,1,3-4H3,(H,11,13). The molecule has 1 amide bonds. The first kappa shape index (κ1) is 12.7. The summed E-state index contributed by atoms with van der Waals surface area (Å²) in [6.07, 6.45) is 0. The van der Waals surface area contributed by atoms with Gasteiger partial charge in [0.1, 0.15) is 0 Å². The van der Waals surface area contributed by atoms with Gasteiger partial charge >= 0.3 is 0 Å². The number of likely N-dealkylation sites (N-methyl/N-ethyl adjacent to an activating group) is 1. The first-order valence-corrected chi connectivity index (χ1v) is 5.06. The zero-order chi connectivity index (χ0) is 10.5. The Kier molecular flexibility index (Phi) is 5.25. The Morgan fingerprint density at radius 3 is 2.46 bits per heavy atom. The summed E-state index contributed by atoms with van der Waals surface area (Å²) in [4.78, 5) is 11.5. The van der Waals surface area contributed by atoms with E-state index >= 15 is 0 Å². The van der Waals surface area contributed by atoms with Crippen molar-refractivity contribution < 1.29 is 4.79 Å². The molecule has 0 unspecified atom stereocenters. The van der Waals surface area contributed by atoms with Crippen molar-refractivity contribution in [2.45, 2.75) is 26.3 Å². The second-order valence-corrected chi connectivity index (χ2v) is 4.48. The van der Waals surface area contributed by atoms with Gasteiger partial charge in [-0.3, -0.25) is 4.79 Å². The van der Waals surface area contributed by atoms with Gasteiger partial charge in [-0.25, -0.2) is 0 Å². The van der Waals surface area contributed by atoms with Crippen LogP contribution in [-0.4, -0.2) is 24.5 Å². The maximum Gasteiger partial charge on any atom is 0.240 e. The molecule has 0 atom stereocenters. The summed E-state index contributed by atoms with van der Waals surface area (Å²) >= 11 is 3.18. The van der Waals surface area contributed by atoms with Crippen LogP contribution in [0.3, 0.4) is 0 Å². The van der Waals surface area contributed by atoms with Gasteiger partial charge in [0.05, 0.1) is 5.54 Å². The summed E-state index contributed by atoms with van der Waals surface area (Å²) in [7, 11) is 0. The summed E-state index contributed by atoms with van der Waals surface area (Å²) < 4.78 is 0.771. The third-order valence-corrected chi connectivity index (χ3v) is 1.91. The van der Waals surface area contributed by atoms with Crippen LogP contribution in [0.1, 0.15) is 20.8 Å². The number of hydrogen-bond acceptors (Lipinski definition) is 2. The molecule has 0 aliphatic carbocycles. The Hall–Kier alpha value is -0.350. The third-order valence-electron chi connectivity index (χ3n) is 1.63. The molecule has 0 rings (SSSR count). The van der Waals surface area contributed by atoms with Crippen LogP contribution in [0.25, 0.3) is 0 Å². The highest BCUT2D eigenvalue weighted by Crippen LogP contribution is 2.03. The van der Waals surface area contributed by atoms with E-state index in [1.165, 1.54) is 0 Å². The number of nitrogens with one attached hydrogen (secondary N) is 2. The molecular weight excluding hydrogens is 232 g/mol. The van der Waals surface area contributed by atoms with Crippen LogP contribution in [0.2, 0.25) is 0 Å². The predicted molar refractivity (Wildman–Crippen MR) is 58.8 cm³/mol. The van der Waals surface area contributed by atoms with Crippen molar-refractivity contribution in [2.75, 3.05) is 13.1 Å². The van der Waals surface area contributed by atoms with Gasteiger partial charge in [-0.1, -0.05) is 29.4 Å². The minimum Gasteiger partial charge on any atom is -0.350 e. The highest BCUT2D eigenvalue weighted by molar-refractivity contribution is 9.11. The molecule has 0 aromatic heterocycles. The molecule has 0 aliphatic rings. The van der Waals surface area contributed by atoms with E-state index in [1.54, 1.807) is 0 Å². The molecule has 0 bridgehead atoms. The minimum absolute atomic E-state index is 0.0186. The van der Waals surface area contributed by atoms with E-state index in [0.717, 1.165) is 11.0 Å². The molecule has 0 aromatic carbocycles. The molecule has 76 valence electrons. The van der Waals surface area contributed by atoms with Gasteiger partial charge in [0.15, 0.2) is 0 Å². The molecule has 4 heteroatoms. The first-order chi connectivity index (χ1) is 5.90. The monoisotopic (exact) mass is 248 g/mol. The van der Waals surface area contributed by atoms with Crippen LogP contribution in [0, 0.1) is 0 Å². The summed E-state index contributed by atoms with van der Waals surface area (Å²) in [6, 6.07) is 0. The van der Waals surface area contributed by atoms with E-state index in [2.05, 4.69) is 33.1 Å². The fourth-order valence-corrected chi connectivity index (χ4v) is 1.06. The number of carbonyl (C=O) groups excluding carboxylic acids is 1. The highest BCUT2D eigenvalue weighted by Gasteiger charge is 2.25. The van der Waals surface area contributed by atoms with Crippen LogP contribution in [0.4, 0.5) is 0 Å².